The monoisotopic (exact) mass is 520 g/mol. The average molecular weight is 521 g/mol. The first-order chi connectivity index (χ1) is 17.0. The zero-order chi connectivity index (χ0) is 28.4. The lowest BCUT2D eigenvalue weighted by molar-refractivity contribution is -0.154. The number of aliphatic hydroxyl groups excluding tert-OH is 1. The summed E-state index contributed by atoms with van der Waals surface area (Å²) in [4.78, 5) is 37.4. The predicted octanol–water partition coefficient (Wildman–Crippen LogP) is 6.08. The summed E-state index contributed by atoms with van der Waals surface area (Å²) in [6.07, 6.45) is 2.41. The minimum atomic E-state index is -1.18. The van der Waals surface area contributed by atoms with Crippen molar-refractivity contribution >= 4 is 17.9 Å². The van der Waals surface area contributed by atoms with Crippen molar-refractivity contribution in [3.05, 3.63) is 35.4 Å². The number of hydrogen-bond donors (Lipinski definition) is 1. The fourth-order valence-electron chi connectivity index (χ4n) is 4.89. The number of hydrogen-bond acceptors (Lipinski definition) is 7. The average Bonchev–Trinajstić information content (AvgIpc) is 2.78. The molecule has 0 aromatic heterocycles. The molecule has 0 aliphatic heterocycles. The molecular weight excluding hydrogens is 472 g/mol. The van der Waals surface area contributed by atoms with Crippen LogP contribution in [0.1, 0.15) is 102 Å². The zero-order valence-electron chi connectivity index (χ0n) is 24.3. The van der Waals surface area contributed by atoms with Crippen molar-refractivity contribution in [1.82, 2.24) is 0 Å². The number of aliphatic hydroxyl groups is 1. The van der Waals surface area contributed by atoms with Gasteiger partial charge < -0.3 is 19.3 Å². The lowest BCUT2D eigenvalue weighted by Crippen LogP contribution is -2.31. The summed E-state index contributed by atoms with van der Waals surface area (Å²) in [5.74, 6) is -1.43. The summed E-state index contributed by atoms with van der Waals surface area (Å²) in [6, 6.07) is 6.12. The Kier molecular flexibility index (Phi) is 12.8. The Morgan fingerprint density at radius 1 is 0.811 bits per heavy atom. The van der Waals surface area contributed by atoms with Gasteiger partial charge in [-0.15, -0.1) is 0 Å². The molecule has 0 bridgehead atoms. The van der Waals surface area contributed by atoms with Crippen LogP contribution in [-0.4, -0.2) is 49.4 Å². The largest absolute Gasteiger partial charge is 0.465 e. The number of ether oxygens (including phenoxy) is 3. The van der Waals surface area contributed by atoms with Gasteiger partial charge in [0.1, 0.15) is 19.3 Å². The molecule has 210 valence electrons. The van der Waals surface area contributed by atoms with Crippen molar-refractivity contribution in [2.45, 2.75) is 87.2 Å². The molecule has 0 radical (unpaired) electrons. The molecule has 0 amide bonds. The van der Waals surface area contributed by atoms with Gasteiger partial charge in [0.2, 0.25) is 0 Å². The molecule has 0 fully saturated rings. The normalized spacial score (nSPS) is 15.3. The van der Waals surface area contributed by atoms with Gasteiger partial charge in [0, 0.05) is 0 Å². The van der Waals surface area contributed by atoms with Gasteiger partial charge in [0.15, 0.2) is 0 Å². The Balaban J connectivity index is 2.73. The van der Waals surface area contributed by atoms with Gasteiger partial charge in [0.25, 0.3) is 0 Å². The fraction of sp³-hybridized carbons (Fsp3) is 0.700. The summed E-state index contributed by atoms with van der Waals surface area (Å²) in [5.41, 5.74) is 0.417. The summed E-state index contributed by atoms with van der Waals surface area (Å²) < 4.78 is 15.4. The highest BCUT2D eigenvalue weighted by Gasteiger charge is 2.31. The van der Waals surface area contributed by atoms with Crippen LogP contribution in [0.2, 0.25) is 0 Å². The predicted molar refractivity (Wildman–Crippen MR) is 144 cm³/mol. The van der Waals surface area contributed by atoms with Gasteiger partial charge in [-0.05, 0) is 60.5 Å². The Hall–Kier alpha value is -2.41. The molecule has 1 N–H and O–H groups in total. The van der Waals surface area contributed by atoms with Crippen LogP contribution in [0.3, 0.4) is 0 Å². The fourth-order valence-corrected chi connectivity index (χ4v) is 4.89. The first kappa shape index (κ1) is 32.6. The molecule has 0 aliphatic rings. The van der Waals surface area contributed by atoms with E-state index in [1.165, 1.54) is 19.2 Å². The van der Waals surface area contributed by atoms with Crippen LogP contribution in [0.4, 0.5) is 0 Å². The molecule has 37 heavy (non-hydrogen) atoms. The Labute approximate surface area is 223 Å². The molecule has 0 spiro atoms. The van der Waals surface area contributed by atoms with Crippen molar-refractivity contribution in [3.63, 3.8) is 0 Å². The summed E-state index contributed by atoms with van der Waals surface area (Å²) in [7, 11) is 1.23. The van der Waals surface area contributed by atoms with E-state index in [4.69, 9.17) is 14.2 Å². The second-order valence-electron chi connectivity index (χ2n) is 12.7. The van der Waals surface area contributed by atoms with Crippen LogP contribution in [0.25, 0.3) is 0 Å². The molecular formula is C30H48O7. The van der Waals surface area contributed by atoms with Gasteiger partial charge in [-0.25, -0.2) is 9.59 Å². The number of rotatable bonds is 13. The molecule has 1 rings (SSSR count). The number of carbonyl (C=O) groups is 3. The SMILES string of the molecule is COC(=O)c1ccccc1C(=O)OCC(O)COC(=O)C(CCC(C)CC(C)(C)C)C(C)CC(C)(C)C. The van der Waals surface area contributed by atoms with Gasteiger partial charge in [0.05, 0.1) is 24.2 Å². The molecule has 0 heterocycles. The standard InChI is InChI=1S/C30H48O7/c1-20(16-29(3,4)5)14-15-23(21(2)17-30(6,7)8)27(33)36-18-22(31)19-37-28(34)25-13-11-10-12-24(25)26(32)35-9/h10-13,20-23,31H,14-19H2,1-9H3. The number of carbonyl (C=O) groups excluding carboxylic acids is 3. The summed E-state index contributed by atoms with van der Waals surface area (Å²) in [6.45, 7) is 16.8. The van der Waals surface area contributed by atoms with Crippen molar-refractivity contribution in [2.75, 3.05) is 20.3 Å². The molecule has 0 aliphatic carbocycles. The van der Waals surface area contributed by atoms with Crippen LogP contribution < -0.4 is 0 Å². The van der Waals surface area contributed by atoms with Crippen LogP contribution in [-0.2, 0) is 19.0 Å². The number of benzene rings is 1. The minimum absolute atomic E-state index is 0.0407. The van der Waals surface area contributed by atoms with E-state index >= 15 is 0 Å². The Morgan fingerprint density at radius 2 is 1.32 bits per heavy atom. The molecule has 0 saturated heterocycles. The maximum atomic E-state index is 13.1. The highest BCUT2D eigenvalue weighted by Crippen LogP contribution is 2.34. The summed E-state index contributed by atoms with van der Waals surface area (Å²) >= 11 is 0. The van der Waals surface area contributed by atoms with Gasteiger partial charge >= 0.3 is 17.9 Å². The topological polar surface area (TPSA) is 99.1 Å². The van der Waals surface area contributed by atoms with Crippen molar-refractivity contribution in [3.8, 4) is 0 Å². The number of methoxy groups -OCH3 is 1. The quantitative estimate of drug-likeness (QED) is 0.249. The molecule has 0 saturated carbocycles. The zero-order valence-corrected chi connectivity index (χ0v) is 24.3. The van der Waals surface area contributed by atoms with Gasteiger partial charge in [-0.3, -0.25) is 4.79 Å². The van der Waals surface area contributed by atoms with Crippen LogP contribution >= 0.6 is 0 Å². The molecule has 4 atom stereocenters. The van der Waals surface area contributed by atoms with Crippen molar-refractivity contribution < 1.29 is 33.7 Å². The highest BCUT2D eigenvalue weighted by atomic mass is 16.6. The van der Waals surface area contributed by atoms with E-state index in [1.54, 1.807) is 12.1 Å². The van der Waals surface area contributed by atoms with E-state index in [0.717, 1.165) is 25.7 Å². The maximum absolute atomic E-state index is 13.1. The maximum Gasteiger partial charge on any atom is 0.339 e. The van der Waals surface area contributed by atoms with Crippen LogP contribution in [0.15, 0.2) is 24.3 Å². The second kappa shape index (κ2) is 14.5. The van der Waals surface area contributed by atoms with Gasteiger partial charge in [-0.1, -0.05) is 67.5 Å². The van der Waals surface area contributed by atoms with E-state index in [-0.39, 0.29) is 53.0 Å². The number of esters is 3. The van der Waals surface area contributed by atoms with E-state index in [2.05, 4.69) is 55.4 Å². The molecule has 1 aromatic rings. The van der Waals surface area contributed by atoms with Crippen LogP contribution in [0, 0.1) is 28.6 Å². The lowest BCUT2D eigenvalue weighted by atomic mass is 9.76. The minimum Gasteiger partial charge on any atom is -0.465 e. The van der Waals surface area contributed by atoms with E-state index < -0.39 is 18.0 Å². The first-order valence-corrected chi connectivity index (χ1v) is 13.2. The van der Waals surface area contributed by atoms with E-state index in [1.807, 2.05) is 0 Å². The smallest absolute Gasteiger partial charge is 0.339 e. The van der Waals surface area contributed by atoms with Crippen molar-refractivity contribution in [2.24, 2.45) is 28.6 Å². The summed E-state index contributed by atoms with van der Waals surface area (Å²) in [5, 5.41) is 10.3. The Bertz CT molecular complexity index is 879. The molecule has 7 nitrogen and oxygen atoms in total. The van der Waals surface area contributed by atoms with E-state index in [0.29, 0.717) is 5.92 Å². The van der Waals surface area contributed by atoms with E-state index in [9.17, 15) is 19.5 Å². The third kappa shape index (κ3) is 12.6. The highest BCUT2D eigenvalue weighted by molar-refractivity contribution is 6.03. The third-order valence-corrected chi connectivity index (χ3v) is 6.23. The van der Waals surface area contributed by atoms with Crippen LogP contribution in [0.5, 0.6) is 0 Å². The second-order valence-corrected chi connectivity index (χ2v) is 12.7. The molecule has 4 unspecified atom stereocenters. The lowest BCUT2D eigenvalue weighted by Gasteiger charge is -2.30. The molecule has 7 heteroatoms. The molecule has 1 aromatic carbocycles. The van der Waals surface area contributed by atoms with Crippen molar-refractivity contribution in [1.29, 1.82) is 0 Å². The Morgan fingerprint density at radius 3 is 1.84 bits per heavy atom. The van der Waals surface area contributed by atoms with Gasteiger partial charge in [-0.2, -0.15) is 0 Å². The first-order valence-electron chi connectivity index (χ1n) is 13.2. The third-order valence-electron chi connectivity index (χ3n) is 6.23.